The molecule has 0 radical (unpaired) electrons. The zero-order valence-electron chi connectivity index (χ0n) is 9.20. The van der Waals surface area contributed by atoms with Crippen LogP contribution in [0.5, 0.6) is 0 Å². The van der Waals surface area contributed by atoms with E-state index in [-0.39, 0.29) is 6.04 Å². The highest BCUT2D eigenvalue weighted by Crippen LogP contribution is 2.31. The molecule has 1 unspecified atom stereocenters. The summed E-state index contributed by atoms with van der Waals surface area (Å²) in [5.74, 6) is 0. The molecular weight excluding hydrogens is 221 g/mol. The van der Waals surface area contributed by atoms with Crippen LogP contribution in [0.25, 0.3) is 0 Å². The molecular formula is C10H19F3OSi. The molecule has 5 heteroatoms. The van der Waals surface area contributed by atoms with Gasteiger partial charge >= 0.3 is 6.18 Å². The molecule has 90 valence electrons. The third-order valence-corrected chi connectivity index (χ3v) is 6.61. The molecule has 0 aromatic heterocycles. The molecule has 1 heterocycles. The number of hydrogen-bond donors (Lipinski definition) is 0. The molecule has 0 amide bonds. The molecule has 1 aliphatic heterocycles. The topological polar surface area (TPSA) is 9.23 Å². The minimum Gasteiger partial charge on any atom is -0.417 e. The molecule has 1 rings (SSSR count). The molecule has 1 fully saturated rings. The molecule has 15 heavy (non-hydrogen) atoms. The van der Waals surface area contributed by atoms with Crippen LogP contribution in [0.4, 0.5) is 13.2 Å². The van der Waals surface area contributed by atoms with Crippen molar-refractivity contribution in [3.05, 3.63) is 0 Å². The second kappa shape index (κ2) is 5.34. The average molecular weight is 240 g/mol. The lowest BCUT2D eigenvalue weighted by atomic mass is 10.2. The average Bonchev–Trinajstić information content (AvgIpc) is 2.08. The minimum absolute atomic E-state index is 0.233. The van der Waals surface area contributed by atoms with E-state index in [2.05, 4.69) is 0 Å². The van der Waals surface area contributed by atoms with Gasteiger partial charge in [-0.25, -0.2) is 0 Å². The van der Waals surface area contributed by atoms with Crippen LogP contribution in [0, 0.1) is 0 Å². The molecule has 1 atom stereocenters. The Hall–Kier alpha value is -0.0331. The monoisotopic (exact) mass is 240 g/mol. The largest absolute Gasteiger partial charge is 0.417 e. The van der Waals surface area contributed by atoms with Gasteiger partial charge in [-0.3, -0.25) is 0 Å². The van der Waals surface area contributed by atoms with E-state index in [1.54, 1.807) is 0 Å². The van der Waals surface area contributed by atoms with Gasteiger partial charge in [-0.2, -0.15) is 13.2 Å². The van der Waals surface area contributed by atoms with Gasteiger partial charge in [0, 0.05) is 13.0 Å². The van der Waals surface area contributed by atoms with Crippen molar-refractivity contribution in [1.29, 1.82) is 0 Å². The van der Waals surface area contributed by atoms with E-state index < -0.39 is 20.9 Å². The minimum atomic E-state index is -4.03. The second-order valence-corrected chi connectivity index (χ2v) is 8.77. The Bertz CT molecular complexity index is 186. The SMILES string of the molecule is C[Si]1(CCC(F)(F)F)CCCCCCO1. The van der Waals surface area contributed by atoms with E-state index in [1.807, 2.05) is 6.55 Å². The third kappa shape index (κ3) is 5.56. The van der Waals surface area contributed by atoms with Crippen LogP contribution in [0.3, 0.4) is 0 Å². The Labute approximate surface area is 90.1 Å². The fraction of sp³-hybridized carbons (Fsp3) is 1.00. The Morgan fingerprint density at radius 2 is 1.80 bits per heavy atom. The number of rotatable bonds is 2. The first-order valence-corrected chi connectivity index (χ1v) is 8.44. The van der Waals surface area contributed by atoms with Crippen LogP contribution in [0.15, 0.2) is 0 Å². The van der Waals surface area contributed by atoms with Gasteiger partial charge in [0.2, 0.25) is 0 Å². The smallest absolute Gasteiger partial charge is 0.388 e. The predicted octanol–water partition coefficient (Wildman–Crippen LogP) is 4.10. The van der Waals surface area contributed by atoms with Crippen molar-refractivity contribution in [3.8, 4) is 0 Å². The highest BCUT2D eigenvalue weighted by Gasteiger charge is 2.36. The van der Waals surface area contributed by atoms with Gasteiger partial charge in [0.15, 0.2) is 8.32 Å². The third-order valence-electron chi connectivity index (χ3n) is 2.99. The van der Waals surface area contributed by atoms with Crippen LogP contribution in [-0.4, -0.2) is 21.1 Å². The maximum Gasteiger partial charge on any atom is 0.388 e. The fourth-order valence-corrected chi connectivity index (χ4v) is 4.93. The lowest BCUT2D eigenvalue weighted by Crippen LogP contribution is -2.36. The summed E-state index contributed by atoms with van der Waals surface area (Å²) in [6.45, 7) is 2.62. The Kier molecular flexibility index (Phi) is 4.64. The van der Waals surface area contributed by atoms with Crippen LogP contribution < -0.4 is 0 Å². The van der Waals surface area contributed by atoms with Crippen LogP contribution >= 0.6 is 0 Å². The second-order valence-electron chi connectivity index (χ2n) is 4.58. The normalized spacial score (nSPS) is 29.6. The predicted molar refractivity (Wildman–Crippen MR) is 56.3 cm³/mol. The van der Waals surface area contributed by atoms with E-state index in [9.17, 15) is 13.2 Å². The molecule has 0 aromatic carbocycles. The summed E-state index contributed by atoms with van der Waals surface area (Å²) in [6, 6.07) is 1.12. The highest BCUT2D eigenvalue weighted by atomic mass is 28.4. The molecule has 0 spiro atoms. The number of hydrogen-bond acceptors (Lipinski definition) is 1. The summed E-state index contributed by atoms with van der Waals surface area (Å²) in [6.07, 6.45) is -0.339. The lowest BCUT2D eigenvalue weighted by molar-refractivity contribution is -0.131. The van der Waals surface area contributed by atoms with Crippen molar-refractivity contribution in [2.75, 3.05) is 6.61 Å². The zero-order chi connectivity index (χ0) is 11.4. The van der Waals surface area contributed by atoms with Crippen molar-refractivity contribution in [2.24, 2.45) is 0 Å². The molecule has 0 aliphatic carbocycles. The van der Waals surface area contributed by atoms with Gasteiger partial charge in [0.05, 0.1) is 0 Å². The van der Waals surface area contributed by atoms with Crippen molar-refractivity contribution < 1.29 is 17.6 Å². The molecule has 0 N–H and O–H groups in total. The molecule has 1 aliphatic rings. The first-order valence-electron chi connectivity index (χ1n) is 5.62. The summed E-state index contributed by atoms with van der Waals surface area (Å²) >= 11 is 0. The maximum absolute atomic E-state index is 12.1. The van der Waals surface area contributed by atoms with Crippen molar-refractivity contribution in [1.82, 2.24) is 0 Å². The van der Waals surface area contributed by atoms with Crippen molar-refractivity contribution in [3.63, 3.8) is 0 Å². The molecule has 0 aromatic rings. The molecule has 1 saturated heterocycles. The lowest BCUT2D eigenvalue weighted by Gasteiger charge is -2.29. The molecule has 0 bridgehead atoms. The standard InChI is InChI=1S/C10H19F3OSi/c1-15(9-6-10(11,12)13)8-5-3-2-4-7-14-15/h2-9H2,1H3. The van der Waals surface area contributed by atoms with E-state index in [0.717, 1.165) is 31.7 Å². The van der Waals surface area contributed by atoms with Crippen LogP contribution in [-0.2, 0) is 4.43 Å². The summed E-state index contributed by atoms with van der Waals surface area (Å²) < 4.78 is 42.1. The summed E-state index contributed by atoms with van der Waals surface area (Å²) in [7, 11) is -2.05. The van der Waals surface area contributed by atoms with Crippen LogP contribution in [0.1, 0.15) is 32.1 Å². The fourth-order valence-electron chi connectivity index (χ4n) is 1.95. The van der Waals surface area contributed by atoms with Gasteiger partial charge in [0.25, 0.3) is 0 Å². The van der Waals surface area contributed by atoms with Crippen molar-refractivity contribution in [2.45, 2.75) is 56.9 Å². The first-order chi connectivity index (χ1) is 6.91. The molecule has 0 saturated carbocycles. The Morgan fingerprint density at radius 1 is 1.13 bits per heavy atom. The van der Waals surface area contributed by atoms with E-state index in [1.165, 1.54) is 0 Å². The van der Waals surface area contributed by atoms with E-state index >= 15 is 0 Å². The summed E-state index contributed by atoms with van der Waals surface area (Å²) in [5, 5.41) is 0. The van der Waals surface area contributed by atoms with Gasteiger partial charge in [-0.15, -0.1) is 0 Å². The van der Waals surface area contributed by atoms with E-state index in [0.29, 0.717) is 6.61 Å². The number of alkyl halides is 3. The molecule has 1 nitrogen and oxygen atoms in total. The summed E-state index contributed by atoms with van der Waals surface area (Å²) in [5.41, 5.74) is 0. The Balaban J connectivity index is 2.40. The van der Waals surface area contributed by atoms with E-state index in [4.69, 9.17) is 4.43 Å². The van der Waals surface area contributed by atoms with Gasteiger partial charge < -0.3 is 4.43 Å². The van der Waals surface area contributed by atoms with Crippen LogP contribution in [0.2, 0.25) is 18.6 Å². The number of halogens is 3. The highest BCUT2D eigenvalue weighted by molar-refractivity contribution is 6.72. The van der Waals surface area contributed by atoms with Gasteiger partial charge in [-0.05, 0) is 25.1 Å². The van der Waals surface area contributed by atoms with Crippen molar-refractivity contribution >= 4 is 8.32 Å². The zero-order valence-corrected chi connectivity index (χ0v) is 10.2. The van der Waals surface area contributed by atoms with Gasteiger partial charge in [-0.1, -0.05) is 19.3 Å². The van der Waals surface area contributed by atoms with Gasteiger partial charge in [0.1, 0.15) is 0 Å². The Morgan fingerprint density at radius 3 is 2.47 bits per heavy atom. The maximum atomic E-state index is 12.1. The quantitative estimate of drug-likeness (QED) is 0.660. The first kappa shape index (κ1) is 13.0. The summed E-state index contributed by atoms with van der Waals surface area (Å²) in [4.78, 5) is 0.